The molecule has 4 heterocycles. The number of hydrogen-bond donors (Lipinski definition) is 0. The first-order chi connectivity index (χ1) is 17.6. The van der Waals surface area contributed by atoms with Crippen LogP contribution in [0.4, 0.5) is 26.2 Å². The molecule has 9 nitrogen and oxygen atoms in total. The van der Waals surface area contributed by atoms with Crippen molar-refractivity contribution in [2.75, 3.05) is 29.4 Å². The summed E-state index contributed by atoms with van der Waals surface area (Å²) in [6.07, 6.45) is 3.11. The van der Waals surface area contributed by atoms with E-state index in [9.17, 15) is 24.1 Å². The van der Waals surface area contributed by atoms with Gasteiger partial charge in [-0.3, -0.25) is 4.79 Å². The predicted molar refractivity (Wildman–Crippen MR) is 131 cm³/mol. The van der Waals surface area contributed by atoms with Gasteiger partial charge in [-0.1, -0.05) is 6.42 Å². The zero-order chi connectivity index (χ0) is 26.5. The van der Waals surface area contributed by atoms with E-state index in [0.29, 0.717) is 24.5 Å². The molecule has 0 bridgehead atoms. The molecular weight excluding hydrogens is 478 g/mol. The summed E-state index contributed by atoms with van der Waals surface area (Å²) in [6, 6.07) is 6.51. The zero-order valence-electron chi connectivity index (χ0n) is 21.0. The van der Waals surface area contributed by atoms with E-state index in [0.717, 1.165) is 43.4 Å². The number of carbonyl (C=O) groups is 1. The molecule has 3 atom stereocenters. The molecule has 1 aliphatic carbocycles. The molecule has 0 radical (unpaired) electrons. The van der Waals surface area contributed by atoms with Crippen LogP contribution in [0.5, 0.6) is 0 Å². The van der Waals surface area contributed by atoms with Crippen molar-refractivity contribution in [1.82, 2.24) is 19.9 Å². The zero-order valence-corrected chi connectivity index (χ0v) is 21.0. The van der Waals surface area contributed by atoms with Crippen LogP contribution in [0.2, 0.25) is 0 Å². The number of pyridine rings is 1. The Morgan fingerprint density at radius 2 is 1.89 bits per heavy atom. The van der Waals surface area contributed by atoms with Crippen molar-refractivity contribution in [3.63, 3.8) is 0 Å². The average molecular weight is 507 g/mol. The van der Waals surface area contributed by atoms with Gasteiger partial charge >= 0.3 is 0 Å². The van der Waals surface area contributed by atoms with E-state index in [4.69, 9.17) is 4.98 Å². The van der Waals surface area contributed by atoms with Crippen LogP contribution in [0, 0.1) is 28.1 Å². The molecule has 1 unspecified atom stereocenters. The van der Waals surface area contributed by atoms with Crippen LogP contribution in [0.25, 0.3) is 0 Å². The Morgan fingerprint density at radius 1 is 1.16 bits per heavy atom. The summed E-state index contributed by atoms with van der Waals surface area (Å²) in [5.41, 5.74) is -0.958. The lowest BCUT2D eigenvalue weighted by atomic mass is 9.66. The van der Waals surface area contributed by atoms with E-state index < -0.39 is 23.8 Å². The number of carbonyl (C=O) groups excluding carboxylic acids is 1. The summed E-state index contributed by atoms with van der Waals surface area (Å²) in [5.74, 6) is 1.36. The highest BCUT2D eigenvalue weighted by molar-refractivity contribution is 5.86. The van der Waals surface area contributed by atoms with E-state index in [-0.39, 0.29) is 18.0 Å². The third kappa shape index (κ3) is 3.76. The highest BCUT2D eigenvalue weighted by atomic mass is 19.3. The second-order valence-electron chi connectivity index (χ2n) is 10.6. The molecule has 1 amide bonds. The fraction of sp³-hybridized carbons (Fsp3) is 0.538. The molecule has 1 spiro atoms. The first kappa shape index (κ1) is 24.8. The second-order valence-corrected chi connectivity index (χ2v) is 10.6. The number of nitriles is 2. The molecule has 2 aromatic heterocycles. The maximum atomic E-state index is 13.6. The SMILES string of the molecule is C[C@@H]1CN(c2ncnc3c2C2(CCC2)CN3c2cc(C#N)ccn2)[C@@H](C)CN1C(=O)C(C)(C#N)C(F)F. The number of hydrogen-bond acceptors (Lipinski definition) is 8. The minimum atomic E-state index is -3.08. The van der Waals surface area contributed by atoms with Crippen LogP contribution in [0.3, 0.4) is 0 Å². The van der Waals surface area contributed by atoms with Crippen molar-refractivity contribution in [3.05, 3.63) is 35.8 Å². The van der Waals surface area contributed by atoms with E-state index in [1.54, 1.807) is 18.3 Å². The average Bonchev–Trinajstić information content (AvgIpc) is 3.25. The second kappa shape index (κ2) is 8.91. The summed E-state index contributed by atoms with van der Waals surface area (Å²) in [4.78, 5) is 32.5. The van der Waals surface area contributed by atoms with Gasteiger partial charge in [0.05, 0.1) is 17.7 Å². The van der Waals surface area contributed by atoms with Gasteiger partial charge in [-0.25, -0.2) is 23.7 Å². The van der Waals surface area contributed by atoms with Crippen molar-refractivity contribution >= 4 is 23.4 Å². The minimum absolute atomic E-state index is 0.138. The third-order valence-corrected chi connectivity index (χ3v) is 8.15. The van der Waals surface area contributed by atoms with Crippen LogP contribution in [0.1, 0.15) is 51.2 Å². The largest absolute Gasteiger partial charge is 0.350 e. The van der Waals surface area contributed by atoms with Gasteiger partial charge in [0.2, 0.25) is 5.91 Å². The molecule has 11 heteroatoms. The summed E-state index contributed by atoms with van der Waals surface area (Å²) in [6.45, 7) is 6.03. The quantitative estimate of drug-likeness (QED) is 0.619. The number of nitrogens with zero attached hydrogens (tertiary/aromatic N) is 8. The summed E-state index contributed by atoms with van der Waals surface area (Å²) in [5, 5.41) is 18.7. The Morgan fingerprint density at radius 3 is 2.51 bits per heavy atom. The number of piperazine rings is 1. The van der Waals surface area contributed by atoms with Gasteiger partial charge in [-0.2, -0.15) is 10.5 Å². The van der Waals surface area contributed by atoms with E-state index >= 15 is 0 Å². The molecule has 2 aromatic rings. The Labute approximate surface area is 214 Å². The van der Waals surface area contributed by atoms with Crippen LogP contribution in [-0.2, 0) is 10.2 Å². The topological polar surface area (TPSA) is 113 Å². The highest BCUT2D eigenvalue weighted by Crippen LogP contribution is 2.56. The Hall–Kier alpha value is -3.86. The van der Waals surface area contributed by atoms with Gasteiger partial charge in [0.25, 0.3) is 6.43 Å². The van der Waals surface area contributed by atoms with Gasteiger partial charge in [0.1, 0.15) is 23.8 Å². The molecule has 0 aromatic carbocycles. The van der Waals surface area contributed by atoms with Crippen molar-refractivity contribution in [1.29, 1.82) is 10.5 Å². The van der Waals surface area contributed by atoms with Crippen LogP contribution in [-0.4, -0.2) is 63.9 Å². The lowest BCUT2D eigenvalue weighted by Crippen LogP contribution is -2.61. The first-order valence-electron chi connectivity index (χ1n) is 12.4. The molecule has 2 fully saturated rings. The monoisotopic (exact) mass is 506 g/mol. The van der Waals surface area contributed by atoms with Gasteiger partial charge < -0.3 is 14.7 Å². The van der Waals surface area contributed by atoms with Crippen molar-refractivity contribution < 1.29 is 13.6 Å². The van der Waals surface area contributed by atoms with Crippen molar-refractivity contribution in [2.45, 2.75) is 64.0 Å². The number of fused-ring (bicyclic) bond motifs is 2. The van der Waals surface area contributed by atoms with Crippen LogP contribution < -0.4 is 9.80 Å². The molecule has 2 aliphatic heterocycles. The number of amides is 1. The van der Waals surface area contributed by atoms with Gasteiger partial charge in [-0.15, -0.1) is 0 Å². The fourth-order valence-electron chi connectivity index (χ4n) is 5.75. The summed E-state index contributed by atoms with van der Waals surface area (Å²) >= 11 is 0. The number of alkyl halides is 2. The molecule has 1 saturated carbocycles. The number of anilines is 3. The molecule has 0 N–H and O–H groups in total. The Bertz CT molecular complexity index is 1320. The molecular formula is C26H28F2N8O. The van der Waals surface area contributed by atoms with E-state index in [1.165, 1.54) is 17.3 Å². The van der Waals surface area contributed by atoms with Gasteiger partial charge in [0.15, 0.2) is 5.41 Å². The lowest BCUT2D eigenvalue weighted by Gasteiger charge is -2.48. The maximum Gasteiger partial charge on any atom is 0.265 e. The number of aromatic nitrogens is 3. The summed E-state index contributed by atoms with van der Waals surface area (Å²) < 4.78 is 27.3. The first-order valence-corrected chi connectivity index (χ1v) is 12.4. The lowest BCUT2D eigenvalue weighted by molar-refractivity contribution is -0.148. The van der Waals surface area contributed by atoms with Crippen LogP contribution >= 0.6 is 0 Å². The minimum Gasteiger partial charge on any atom is -0.350 e. The number of rotatable bonds is 4. The molecule has 3 aliphatic rings. The van der Waals surface area contributed by atoms with Gasteiger partial charge in [-0.05, 0) is 45.7 Å². The maximum absolute atomic E-state index is 13.6. The molecule has 37 heavy (non-hydrogen) atoms. The van der Waals surface area contributed by atoms with E-state index in [1.807, 2.05) is 13.8 Å². The normalized spacial score (nSPS) is 23.7. The Balaban J connectivity index is 1.50. The van der Waals surface area contributed by atoms with Gasteiger partial charge in [0, 0.05) is 48.9 Å². The standard InChI is InChI=1S/C26H28F2N8O/c1-16-12-35(24(37)25(3,13-30)23(27)28)17(2)11-34(16)21-20-22(33-15-32-21)36(14-26(20)6-4-7-26)19-9-18(10-29)5-8-31-19/h5,8-9,15-17,23H,4,6-7,11-12,14H2,1-3H3/t16-,17+,25?/m0/s1. The molecule has 192 valence electrons. The predicted octanol–water partition coefficient (Wildman–Crippen LogP) is 3.54. The smallest absolute Gasteiger partial charge is 0.265 e. The van der Waals surface area contributed by atoms with Crippen molar-refractivity contribution in [2.24, 2.45) is 5.41 Å². The highest BCUT2D eigenvalue weighted by Gasteiger charge is 2.53. The summed E-state index contributed by atoms with van der Waals surface area (Å²) in [7, 11) is 0. The molecule has 5 rings (SSSR count). The molecule has 1 saturated heterocycles. The Kier molecular flexibility index (Phi) is 5.98. The third-order valence-electron chi connectivity index (χ3n) is 8.15. The van der Waals surface area contributed by atoms with Crippen molar-refractivity contribution in [3.8, 4) is 12.1 Å². The van der Waals surface area contributed by atoms with Crippen LogP contribution in [0.15, 0.2) is 24.7 Å². The van der Waals surface area contributed by atoms with E-state index in [2.05, 4.69) is 25.8 Å². The number of halogens is 2. The fourth-order valence-corrected chi connectivity index (χ4v) is 5.75.